The van der Waals surface area contributed by atoms with Gasteiger partial charge >= 0.3 is 0 Å². The molecule has 1 saturated carbocycles. The molecule has 7 nitrogen and oxygen atoms in total. The van der Waals surface area contributed by atoms with Gasteiger partial charge in [-0.15, -0.1) is 0 Å². The third kappa shape index (κ3) is 6.13. The Bertz CT molecular complexity index is 970. The highest BCUT2D eigenvalue weighted by molar-refractivity contribution is 7.80. The number of nitrogens with one attached hydrogen (secondary N) is 2. The molecule has 1 aromatic carbocycles. The van der Waals surface area contributed by atoms with Crippen molar-refractivity contribution in [1.82, 2.24) is 20.1 Å². The number of hydrogen-bond donors (Lipinski definition) is 2. The van der Waals surface area contributed by atoms with Gasteiger partial charge < -0.3 is 29.6 Å². The predicted octanol–water partition coefficient (Wildman–Crippen LogP) is 3.51. The number of fused-ring (bicyclic) bond motifs is 1. The van der Waals surface area contributed by atoms with Gasteiger partial charge in [0.1, 0.15) is 0 Å². The van der Waals surface area contributed by atoms with E-state index < -0.39 is 0 Å². The average Bonchev–Trinajstić information content (AvgIpc) is 2.79. The van der Waals surface area contributed by atoms with Gasteiger partial charge in [0.05, 0.1) is 26.3 Å². The van der Waals surface area contributed by atoms with Gasteiger partial charge in [-0.25, -0.2) is 0 Å². The third-order valence-electron chi connectivity index (χ3n) is 6.10. The lowest BCUT2D eigenvalue weighted by atomic mass is 9.94. The van der Waals surface area contributed by atoms with Gasteiger partial charge in [0.2, 0.25) is 0 Å². The van der Waals surface area contributed by atoms with Crippen LogP contribution in [0.5, 0.6) is 11.5 Å². The number of ether oxygens (including phenoxy) is 2. The Morgan fingerprint density at radius 1 is 1.12 bits per heavy atom. The van der Waals surface area contributed by atoms with E-state index in [4.69, 9.17) is 21.7 Å². The minimum atomic E-state index is -0.0964. The number of nitrogens with zero attached hydrogens (tertiary/aromatic N) is 2. The highest BCUT2D eigenvalue weighted by Crippen LogP contribution is 2.31. The third-order valence-corrected chi connectivity index (χ3v) is 6.48. The first-order valence-electron chi connectivity index (χ1n) is 11.4. The zero-order valence-electron chi connectivity index (χ0n) is 19.7. The Hall–Kier alpha value is -2.32. The second kappa shape index (κ2) is 11.5. The Morgan fingerprint density at radius 2 is 1.81 bits per heavy atom. The fourth-order valence-electron chi connectivity index (χ4n) is 4.33. The normalized spacial score (nSPS) is 14.5. The van der Waals surface area contributed by atoms with E-state index >= 15 is 0 Å². The van der Waals surface area contributed by atoms with Crippen molar-refractivity contribution in [2.75, 3.05) is 41.4 Å². The summed E-state index contributed by atoms with van der Waals surface area (Å²) in [5.74, 6) is 1.23. The first-order valence-corrected chi connectivity index (χ1v) is 11.8. The molecule has 1 fully saturated rings. The number of H-pyrrole nitrogens is 1. The summed E-state index contributed by atoms with van der Waals surface area (Å²) < 4.78 is 10.8. The van der Waals surface area contributed by atoms with E-state index in [0.29, 0.717) is 29.6 Å². The second-order valence-corrected chi connectivity index (χ2v) is 9.11. The van der Waals surface area contributed by atoms with Crippen LogP contribution in [0.3, 0.4) is 0 Å². The maximum Gasteiger partial charge on any atom is 0.253 e. The number of rotatable bonds is 9. The molecule has 1 heterocycles. The summed E-state index contributed by atoms with van der Waals surface area (Å²) in [6, 6.07) is 6.00. The number of aromatic nitrogens is 1. The van der Waals surface area contributed by atoms with Crippen LogP contribution in [0.4, 0.5) is 0 Å². The molecule has 0 aliphatic heterocycles. The number of thiocarbonyl (C=S) groups is 1. The van der Waals surface area contributed by atoms with Crippen molar-refractivity contribution < 1.29 is 9.47 Å². The Kier molecular flexibility index (Phi) is 8.75. The first-order chi connectivity index (χ1) is 15.4. The van der Waals surface area contributed by atoms with Crippen molar-refractivity contribution in [3.8, 4) is 11.5 Å². The monoisotopic (exact) mass is 460 g/mol. The highest BCUT2D eigenvalue weighted by Gasteiger charge is 2.24. The van der Waals surface area contributed by atoms with E-state index in [0.717, 1.165) is 48.4 Å². The molecule has 0 radical (unpaired) electrons. The van der Waals surface area contributed by atoms with Crippen LogP contribution in [0.15, 0.2) is 23.0 Å². The van der Waals surface area contributed by atoms with E-state index in [1.807, 2.05) is 12.1 Å². The van der Waals surface area contributed by atoms with Crippen LogP contribution in [0.1, 0.15) is 44.1 Å². The van der Waals surface area contributed by atoms with Crippen molar-refractivity contribution in [2.45, 2.75) is 51.1 Å². The SMILES string of the molecule is COc1cc2cc(CN(C(=S)NCCCN(C)C)C3CCCCC3)c(=O)[nH]c2cc1OC. The van der Waals surface area contributed by atoms with Gasteiger partial charge in [0, 0.05) is 29.6 Å². The van der Waals surface area contributed by atoms with Gasteiger partial charge in [0.25, 0.3) is 5.56 Å². The molecule has 2 aromatic rings. The Morgan fingerprint density at radius 3 is 2.47 bits per heavy atom. The molecular formula is C24H36N4O3S. The van der Waals surface area contributed by atoms with E-state index in [-0.39, 0.29) is 5.56 Å². The molecular weight excluding hydrogens is 424 g/mol. The molecule has 0 atom stereocenters. The van der Waals surface area contributed by atoms with E-state index in [2.05, 4.69) is 34.2 Å². The van der Waals surface area contributed by atoms with E-state index in [9.17, 15) is 4.79 Å². The van der Waals surface area contributed by atoms with E-state index in [1.54, 1.807) is 20.3 Å². The molecule has 0 spiro atoms. The molecule has 176 valence electrons. The van der Waals surface area contributed by atoms with Crippen molar-refractivity contribution in [3.63, 3.8) is 0 Å². The topological polar surface area (TPSA) is 69.8 Å². The molecule has 1 aliphatic rings. The fourth-order valence-corrected chi connectivity index (χ4v) is 4.65. The summed E-state index contributed by atoms with van der Waals surface area (Å²) in [6.07, 6.45) is 6.91. The number of methoxy groups -OCH3 is 2. The lowest BCUT2D eigenvalue weighted by Gasteiger charge is -2.36. The van der Waals surface area contributed by atoms with Gasteiger partial charge in [0.15, 0.2) is 16.6 Å². The summed E-state index contributed by atoms with van der Waals surface area (Å²) in [7, 11) is 7.35. The Labute approximate surface area is 196 Å². The number of hydrogen-bond acceptors (Lipinski definition) is 5. The predicted molar refractivity (Wildman–Crippen MR) is 134 cm³/mol. The van der Waals surface area contributed by atoms with Crippen LogP contribution in [0, 0.1) is 0 Å². The molecule has 1 aliphatic carbocycles. The summed E-state index contributed by atoms with van der Waals surface area (Å²) >= 11 is 5.80. The zero-order chi connectivity index (χ0) is 23.1. The summed E-state index contributed by atoms with van der Waals surface area (Å²) in [4.78, 5) is 20.3. The highest BCUT2D eigenvalue weighted by atomic mass is 32.1. The number of benzene rings is 1. The maximum absolute atomic E-state index is 12.9. The molecule has 0 saturated heterocycles. The number of aromatic amines is 1. The first kappa shape index (κ1) is 24.3. The summed E-state index contributed by atoms with van der Waals surface area (Å²) in [5, 5.41) is 5.07. The van der Waals surface area contributed by atoms with Crippen LogP contribution in [-0.4, -0.2) is 67.3 Å². The average molecular weight is 461 g/mol. The summed E-state index contributed by atoms with van der Waals surface area (Å²) in [6.45, 7) is 2.32. The molecule has 1 aromatic heterocycles. The smallest absolute Gasteiger partial charge is 0.253 e. The minimum absolute atomic E-state index is 0.0964. The van der Waals surface area contributed by atoms with Gasteiger partial charge in [-0.1, -0.05) is 19.3 Å². The van der Waals surface area contributed by atoms with Gasteiger partial charge in [-0.2, -0.15) is 0 Å². The van der Waals surface area contributed by atoms with Gasteiger partial charge in [-0.3, -0.25) is 4.79 Å². The standard InChI is InChI=1S/C24H36N4O3S/c1-27(2)12-8-11-25-24(32)28(19-9-6-5-7-10-19)16-18-13-17-14-21(30-3)22(31-4)15-20(17)26-23(18)29/h13-15,19H,5-12,16H2,1-4H3,(H,25,32)(H,26,29). The van der Waals surface area contributed by atoms with Crippen molar-refractivity contribution >= 4 is 28.2 Å². The molecule has 0 unspecified atom stereocenters. The lowest BCUT2D eigenvalue weighted by molar-refractivity contribution is 0.234. The van der Waals surface area contributed by atoms with Crippen LogP contribution in [0.25, 0.3) is 10.9 Å². The van der Waals surface area contributed by atoms with Gasteiger partial charge in [-0.05, 0) is 64.3 Å². The second-order valence-electron chi connectivity index (χ2n) is 8.73. The van der Waals surface area contributed by atoms with Crippen molar-refractivity contribution in [3.05, 3.63) is 34.1 Å². The molecule has 0 bridgehead atoms. The van der Waals surface area contributed by atoms with Crippen LogP contribution in [0.2, 0.25) is 0 Å². The summed E-state index contributed by atoms with van der Waals surface area (Å²) in [5.41, 5.74) is 1.33. The quantitative estimate of drug-likeness (QED) is 0.438. The number of pyridine rings is 1. The van der Waals surface area contributed by atoms with Crippen LogP contribution < -0.4 is 20.3 Å². The molecule has 3 rings (SSSR count). The van der Waals surface area contributed by atoms with Crippen molar-refractivity contribution in [1.29, 1.82) is 0 Å². The largest absolute Gasteiger partial charge is 0.493 e. The molecule has 32 heavy (non-hydrogen) atoms. The molecule has 0 amide bonds. The van der Waals surface area contributed by atoms with Crippen molar-refractivity contribution in [2.24, 2.45) is 0 Å². The fraction of sp³-hybridized carbons (Fsp3) is 0.583. The molecule has 2 N–H and O–H groups in total. The minimum Gasteiger partial charge on any atom is -0.493 e. The lowest BCUT2D eigenvalue weighted by Crippen LogP contribution is -2.47. The molecule has 8 heteroatoms. The Balaban J connectivity index is 1.84. The van der Waals surface area contributed by atoms with Crippen LogP contribution in [-0.2, 0) is 6.54 Å². The maximum atomic E-state index is 12.9. The zero-order valence-corrected chi connectivity index (χ0v) is 20.5. The van der Waals surface area contributed by atoms with Crippen LogP contribution >= 0.6 is 12.2 Å². The van der Waals surface area contributed by atoms with E-state index in [1.165, 1.54) is 19.3 Å².